The summed E-state index contributed by atoms with van der Waals surface area (Å²) in [6.45, 7) is 3.95. The van der Waals surface area contributed by atoms with Crippen molar-refractivity contribution in [3.63, 3.8) is 0 Å². The molecule has 1 amide bonds. The number of nitrogens with one attached hydrogen (secondary N) is 1. The first kappa shape index (κ1) is 23.5. The Balaban J connectivity index is 1.71. The van der Waals surface area contributed by atoms with E-state index in [0.29, 0.717) is 43.2 Å². The lowest BCUT2D eigenvalue weighted by atomic mass is 10.1. The second kappa shape index (κ2) is 10.5. The molecule has 2 fully saturated rings. The number of morpholine rings is 1. The van der Waals surface area contributed by atoms with Crippen molar-refractivity contribution in [3.05, 3.63) is 57.6 Å². The number of esters is 1. The molecule has 0 bridgehead atoms. The number of hydrogen-bond acceptors (Lipinski definition) is 8. The van der Waals surface area contributed by atoms with Crippen molar-refractivity contribution in [1.82, 2.24) is 0 Å². The molecule has 0 radical (unpaired) electrons. The monoisotopic (exact) mass is 468 g/mol. The molecule has 4 rings (SSSR count). The number of anilines is 3. The molecule has 2 aliphatic heterocycles. The van der Waals surface area contributed by atoms with Gasteiger partial charge in [-0.1, -0.05) is 0 Å². The molecule has 10 heteroatoms. The SMILES string of the molecule is COC(=O)c1ccc(N2CCOCC2)c(NC(=O)c2cc([N+](=O)[O-])ccc2N2CCCCC2)c1. The van der Waals surface area contributed by atoms with Gasteiger partial charge in [-0.3, -0.25) is 14.9 Å². The van der Waals surface area contributed by atoms with Crippen LogP contribution in [0.15, 0.2) is 36.4 Å². The summed E-state index contributed by atoms with van der Waals surface area (Å²) in [5.74, 6) is -0.992. The van der Waals surface area contributed by atoms with Crippen molar-refractivity contribution in [1.29, 1.82) is 0 Å². The van der Waals surface area contributed by atoms with Crippen molar-refractivity contribution >= 4 is 34.6 Å². The fourth-order valence-electron chi connectivity index (χ4n) is 4.38. The van der Waals surface area contributed by atoms with Gasteiger partial charge in [0.25, 0.3) is 11.6 Å². The first-order valence-electron chi connectivity index (χ1n) is 11.4. The third-order valence-electron chi connectivity index (χ3n) is 6.15. The van der Waals surface area contributed by atoms with Gasteiger partial charge in [-0.2, -0.15) is 0 Å². The molecule has 0 aliphatic carbocycles. The summed E-state index contributed by atoms with van der Waals surface area (Å²) in [5, 5.41) is 14.3. The molecule has 2 aromatic rings. The molecular weight excluding hydrogens is 440 g/mol. The fourth-order valence-corrected chi connectivity index (χ4v) is 4.38. The minimum Gasteiger partial charge on any atom is -0.465 e. The molecule has 10 nitrogen and oxygen atoms in total. The lowest BCUT2D eigenvalue weighted by Gasteiger charge is -2.31. The van der Waals surface area contributed by atoms with Crippen LogP contribution in [0.25, 0.3) is 0 Å². The predicted molar refractivity (Wildman–Crippen MR) is 128 cm³/mol. The molecule has 1 N–H and O–H groups in total. The third kappa shape index (κ3) is 5.12. The maximum Gasteiger partial charge on any atom is 0.337 e. The average Bonchev–Trinajstić information content (AvgIpc) is 2.88. The number of nitrogens with zero attached hydrogens (tertiary/aromatic N) is 3. The van der Waals surface area contributed by atoms with Gasteiger partial charge in [0, 0.05) is 38.3 Å². The Morgan fingerprint density at radius 1 is 0.971 bits per heavy atom. The lowest BCUT2D eigenvalue weighted by Crippen LogP contribution is -2.37. The van der Waals surface area contributed by atoms with Crippen LogP contribution in [0, 0.1) is 10.1 Å². The zero-order chi connectivity index (χ0) is 24.1. The second-order valence-electron chi connectivity index (χ2n) is 8.28. The predicted octanol–water partition coefficient (Wildman–Crippen LogP) is 3.46. The highest BCUT2D eigenvalue weighted by Crippen LogP contribution is 2.32. The minimum atomic E-state index is -0.520. The van der Waals surface area contributed by atoms with E-state index in [2.05, 4.69) is 15.1 Å². The van der Waals surface area contributed by atoms with Crippen LogP contribution in [0.2, 0.25) is 0 Å². The maximum atomic E-state index is 13.5. The second-order valence-corrected chi connectivity index (χ2v) is 8.28. The lowest BCUT2D eigenvalue weighted by molar-refractivity contribution is -0.384. The minimum absolute atomic E-state index is 0.150. The average molecular weight is 469 g/mol. The number of amides is 1. The molecule has 0 spiro atoms. The van der Waals surface area contributed by atoms with E-state index < -0.39 is 16.8 Å². The zero-order valence-electron chi connectivity index (χ0n) is 19.1. The third-order valence-corrected chi connectivity index (χ3v) is 6.15. The summed E-state index contributed by atoms with van der Waals surface area (Å²) in [6, 6.07) is 9.39. The van der Waals surface area contributed by atoms with Crippen molar-refractivity contribution < 1.29 is 24.0 Å². The fraction of sp³-hybridized carbons (Fsp3) is 0.417. The van der Waals surface area contributed by atoms with Crippen LogP contribution in [0.1, 0.15) is 40.0 Å². The summed E-state index contributed by atoms with van der Waals surface area (Å²) in [6.07, 6.45) is 3.12. The summed E-state index contributed by atoms with van der Waals surface area (Å²) >= 11 is 0. The van der Waals surface area contributed by atoms with Crippen LogP contribution in [0.3, 0.4) is 0 Å². The van der Waals surface area contributed by atoms with Gasteiger partial charge in [0.05, 0.1) is 53.4 Å². The van der Waals surface area contributed by atoms with Crippen LogP contribution in [-0.4, -0.2) is 63.3 Å². The van der Waals surface area contributed by atoms with Gasteiger partial charge in [0.1, 0.15) is 0 Å². The first-order chi connectivity index (χ1) is 16.5. The summed E-state index contributed by atoms with van der Waals surface area (Å²) in [4.78, 5) is 40.7. The molecule has 0 aromatic heterocycles. The molecule has 0 atom stereocenters. The molecule has 2 saturated heterocycles. The van der Waals surface area contributed by atoms with Gasteiger partial charge < -0.3 is 24.6 Å². The van der Waals surface area contributed by atoms with Gasteiger partial charge in [-0.05, 0) is 43.5 Å². The number of carbonyl (C=O) groups excluding carboxylic acids is 2. The standard InChI is InChI=1S/C24H28N4O6/c1-33-24(30)17-5-7-22(27-11-13-34-14-12-27)20(15-17)25-23(29)19-16-18(28(31)32)6-8-21(19)26-9-3-2-4-10-26/h5-8,15-16H,2-4,9-14H2,1H3,(H,25,29). The number of nitro groups is 1. The highest BCUT2D eigenvalue weighted by atomic mass is 16.6. The smallest absolute Gasteiger partial charge is 0.337 e. The Morgan fingerprint density at radius 3 is 2.32 bits per heavy atom. The van der Waals surface area contributed by atoms with Crippen molar-refractivity contribution in [2.45, 2.75) is 19.3 Å². The Hall–Kier alpha value is -3.66. The highest BCUT2D eigenvalue weighted by Gasteiger charge is 2.24. The molecule has 2 heterocycles. The van der Waals surface area contributed by atoms with E-state index in [-0.39, 0.29) is 11.3 Å². The van der Waals surface area contributed by atoms with Crippen LogP contribution in [0.4, 0.5) is 22.7 Å². The topological polar surface area (TPSA) is 114 Å². The van der Waals surface area contributed by atoms with E-state index in [1.807, 2.05) is 0 Å². The van der Waals surface area contributed by atoms with Crippen molar-refractivity contribution in [2.24, 2.45) is 0 Å². The molecule has 0 saturated carbocycles. The normalized spacial score (nSPS) is 16.1. The highest BCUT2D eigenvalue weighted by molar-refractivity contribution is 6.10. The number of rotatable bonds is 6. The number of hydrogen-bond donors (Lipinski definition) is 1. The van der Waals surface area contributed by atoms with Crippen molar-refractivity contribution in [2.75, 3.05) is 61.6 Å². The van der Waals surface area contributed by atoms with E-state index in [0.717, 1.165) is 38.0 Å². The van der Waals surface area contributed by atoms with Crippen LogP contribution in [0.5, 0.6) is 0 Å². The van der Waals surface area contributed by atoms with Gasteiger partial charge in [0.2, 0.25) is 0 Å². The van der Waals surface area contributed by atoms with Gasteiger partial charge >= 0.3 is 5.97 Å². The summed E-state index contributed by atoms with van der Waals surface area (Å²) in [7, 11) is 1.30. The Labute approximate surface area is 197 Å². The number of carbonyl (C=O) groups is 2. The molecule has 34 heavy (non-hydrogen) atoms. The Kier molecular flexibility index (Phi) is 7.27. The largest absolute Gasteiger partial charge is 0.465 e. The van der Waals surface area contributed by atoms with Gasteiger partial charge in [0.15, 0.2) is 0 Å². The zero-order valence-corrected chi connectivity index (χ0v) is 19.1. The van der Waals surface area contributed by atoms with Crippen LogP contribution >= 0.6 is 0 Å². The van der Waals surface area contributed by atoms with Crippen LogP contribution in [-0.2, 0) is 9.47 Å². The molecule has 0 unspecified atom stereocenters. The molecule has 180 valence electrons. The number of benzene rings is 2. The van der Waals surface area contributed by atoms with Crippen molar-refractivity contribution in [3.8, 4) is 0 Å². The van der Waals surface area contributed by atoms with E-state index in [1.54, 1.807) is 24.3 Å². The van der Waals surface area contributed by atoms with E-state index in [9.17, 15) is 19.7 Å². The van der Waals surface area contributed by atoms with Gasteiger partial charge in [-0.15, -0.1) is 0 Å². The quantitative estimate of drug-likeness (QED) is 0.389. The summed E-state index contributed by atoms with van der Waals surface area (Å²) in [5.41, 5.74) is 2.22. The Morgan fingerprint density at radius 2 is 1.65 bits per heavy atom. The number of piperidine rings is 1. The molecule has 2 aliphatic rings. The van der Waals surface area contributed by atoms with Crippen LogP contribution < -0.4 is 15.1 Å². The maximum absolute atomic E-state index is 13.5. The Bertz CT molecular complexity index is 1080. The summed E-state index contributed by atoms with van der Waals surface area (Å²) < 4.78 is 10.3. The van der Waals surface area contributed by atoms with E-state index >= 15 is 0 Å². The number of nitro benzene ring substituents is 1. The van der Waals surface area contributed by atoms with E-state index in [4.69, 9.17) is 9.47 Å². The molecule has 2 aromatic carbocycles. The van der Waals surface area contributed by atoms with Gasteiger partial charge in [-0.25, -0.2) is 4.79 Å². The number of methoxy groups -OCH3 is 1. The first-order valence-corrected chi connectivity index (χ1v) is 11.4. The number of ether oxygens (including phenoxy) is 2. The van der Waals surface area contributed by atoms with E-state index in [1.165, 1.54) is 19.2 Å². The number of non-ortho nitro benzene ring substituents is 1. The molecular formula is C24H28N4O6.